The molecule has 0 aliphatic heterocycles. The minimum absolute atomic E-state index is 0.379. The minimum Gasteiger partial charge on any atom is -0.481 e. The van der Waals surface area contributed by atoms with E-state index in [0.717, 1.165) is 21.2 Å². The Kier molecular flexibility index (Phi) is 4.84. The Morgan fingerprint density at radius 3 is 2.45 bits per heavy atom. The molecule has 0 amide bonds. The molecule has 1 unspecified atom stereocenters. The molecule has 2 aromatic carbocycles. The van der Waals surface area contributed by atoms with Crippen LogP contribution in [0.1, 0.15) is 22.6 Å². The lowest BCUT2D eigenvalue weighted by atomic mass is 9.91. The van der Waals surface area contributed by atoms with E-state index >= 15 is 0 Å². The van der Waals surface area contributed by atoms with E-state index in [1.807, 2.05) is 43.3 Å². The Morgan fingerprint density at radius 1 is 1.25 bits per heavy atom. The Balaban J connectivity index is 2.30. The number of halogens is 2. The summed E-state index contributed by atoms with van der Waals surface area (Å²) < 4.78 is 0.883. The van der Waals surface area contributed by atoms with Crippen LogP contribution in [0.3, 0.4) is 0 Å². The normalized spacial score (nSPS) is 12.2. The lowest BCUT2D eigenvalue weighted by Gasteiger charge is -2.14. The van der Waals surface area contributed by atoms with Gasteiger partial charge < -0.3 is 5.11 Å². The number of carboxylic acid groups (broad SMARTS) is 1. The van der Waals surface area contributed by atoms with Crippen molar-refractivity contribution in [2.75, 3.05) is 0 Å². The molecule has 0 spiro atoms. The van der Waals surface area contributed by atoms with Gasteiger partial charge in [0.15, 0.2) is 0 Å². The predicted octanol–water partition coefficient (Wildman–Crippen LogP) is 4.82. The Bertz CT molecular complexity index is 623. The van der Waals surface area contributed by atoms with Gasteiger partial charge in [-0.3, -0.25) is 4.79 Å². The van der Waals surface area contributed by atoms with E-state index < -0.39 is 11.9 Å². The topological polar surface area (TPSA) is 37.3 Å². The highest BCUT2D eigenvalue weighted by molar-refractivity contribution is 9.10. The number of aliphatic carboxylic acids is 1. The van der Waals surface area contributed by atoms with Crippen molar-refractivity contribution in [3.8, 4) is 0 Å². The summed E-state index contributed by atoms with van der Waals surface area (Å²) in [6, 6.07) is 13.1. The number of rotatable bonds is 4. The smallest absolute Gasteiger partial charge is 0.311 e. The minimum atomic E-state index is -0.840. The van der Waals surface area contributed by atoms with Gasteiger partial charge >= 0.3 is 5.97 Å². The molecule has 104 valence electrons. The lowest BCUT2D eigenvalue weighted by molar-refractivity contribution is -0.138. The van der Waals surface area contributed by atoms with Gasteiger partial charge in [-0.2, -0.15) is 0 Å². The van der Waals surface area contributed by atoms with Gasteiger partial charge in [0.1, 0.15) is 0 Å². The molecule has 0 bridgehead atoms. The summed E-state index contributed by atoms with van der Waals surface area (Å²) in [6.07, 6.45) is 0.379. The standard InChI is InChI=1S/C16H14BrClO2/c1-10-2-4-11(5-3-10)14(16(19)20)8-12-6-7-13(17)9-15(12)18/h2-7,9,14H,8H2,1H3,(H,19,20). The molecule has 2 aromatic rings. The van der Waals surface area contributed by atoms with Crippen LogP contribution in [0.4, 0.5) is 0 Å². The molecule has 0 radical (unpaired) electrons. The van der Waals surface area contributed by atoms with Crippen LogP contribution in [-0.4, -0.2) is 11.1 Å². The molecule has 0 saturated heterocycles. The Labute approximate surface area is 131 Å². The predicted molar refractivity (Wildman–Crippen MR) is 84.4 cm³/mol. The molecule has 2 rings (SSSR count). The highest BCUT2D eigenvalue weighted by Gasteiger charge is 2.21. The third-order valence-electron chi connectivity index (χ3n) is 3.22. The van der Waals surface area contributed by atoms with Crippen molar-refractivity contribution >= 4 is 33.5 Å². The number of aryl methyl sites for hydroxylation is 1. The zero-order valence-corrected chi connectivity index (χ0v) is 13.3. The van der Waals surface area contributed by atoms with Crippen LogP contribution < -0.4 is 0 Å². The van der Waals surface area contributed by atoms with Gasteiger partial charge in [-0.05, 0) is 36.6 Å². The monoisotopic (exact) mass is 352 g/mol. The van der Waals surface area contributed by atoms with Crippen molar-refractivity contribution in [3.05, 3.63) is 68.7 Å². The summed E-state index contributed by atoms with van der Waals surface area (Å²) >= 11 is 9.51. The van der Waals surface area contributed by atoms with Crippen LogP contribution in [0.2, 0.25) is 5.02 Å². The summed E-state index contributed by atoms with van der Waals surface area (Å²) in [5, 5.41) is 10.0. The van der Waals surface area contributed by atoms with Crippen LogP contribution in [0.25, 0.3) is 0 Å². The second-order valence-electron chi connectivity index (χ2n) is 4.74. The average molecular weight is 354 g/mol. The Hall–Kier alpha value is -1.32. The fourth-order valence-electron chi connectivity index (χ4n) is 2.05. The number of hydrogen-bond acceptors (Lipinski definition) is 1. The van der Waals surface area contributed by atoms with Gasteiger partial charge in [-0.15, -0.1) is 0 Å². The van der Waals surface area contributed by atoms with E-state index in [1.54, 1.807) is 6.07 Å². The first-order valence-corrected chi connectivity index (χ1v) is 7.38. The third kappa shape index (κ3) is 3.62. The van der Waals surface area contributed by atoms with Crippen molar-refractivity contribution in [1.29, 1.82) is 0 Å². The largest absolute Gasteiger partial charge is 0.481 e. The highest BCUT2D eigenvalue weighted by atomic mass is 79.9. The number of carbonyl (C=O) groups is 1. The summed E-state index contributed by atoms with van der Waals surface area (Å²) in [4.78, 5) is 11.5. The van der Waals surface area contributed by atoms with Crippen LogP contribution >= 0.6 is 27.5 Å². The average Bonchev–Trinajstić information content (AvgIpc) is 2.39. The molecule has 20 heavy (non-hydrogen) atoms. The fourth-order valence-corrected chi connectivity index (χ4v) is 2.80. The van der Waals surface area contributed by atoms with Crippen LogP contribution in [0, 0.1) is 6.92 Å². The van der Waals surface area contributed by atoms with E-state index in [1.165, 1.54) is 0 Å². The zero-order chi connectivity index (χ0) is 14.7. The second kappa shape index (κ2) is 6.42. The van der Waals surface area contributed by atoms with E-state index in [-0.39, 0.29) is 0 Å². The SMILES string of the molecule is Cc1ccc(C(Cc2ccc(Br)cc2Cl)C(=O)O)cc1. The summed E-state index contributed by atoms with van der Waals surface area (Å²) in [6.45, 7) is 1.98. The summed E-state index contributed by atoms with van der Waals surface area (Å²) in [7, 11) is 0. The van der Waals surface area contributed by atoms with Crippen molar-refractivity contribution in [3.63, 3.8) is 0 Å². The maximum Gasteiger partial charge on any atom is 0.311 e. The molecule has 1 N–H and O–H groups in total. The maximum atomic E-state index is 11.5. The molecular formula is C16H14BrClO2. The maximum absolute atomic E-state index is 11.5. The quantitative estimate of drug-likeness (QED) is 0.855. The van der Waals surface area contributed by atoms with Gasteiger partial charge in [-0.25, -0.2) is 0 Å². The lowest BCUT2D eigenvalue weighted by Crippen LogP contribution is -2.14. The van der Waals surface area contributed by atoms with E-state index in [2.05, 4.69) is 15.9 Å². The highest BCUT2D eigenvalue weighted by Crippen LogP contribution is 2.28. The van der Waals surface area contributed by atoms with E-state index in [4.69, 9.17) is 11.6 Å². The second-order valence-corrected chi connectivity index (χ2v) is 6.06. The summed E-state index contributed by atoms with van der Waals surface area (Å²) in [5.41, 5.74) is 2.74. The van der Waals surface area contributed by atoms with Crippen LogP contribution in [0.5, 0.6) is 0 Å². The molecule has 0 aliphatic carbocycles. The molecule has 2 nitrogen and oxygen atoms in total. The third-order valence-corrected chi connectivity index (χ3v) is 4.06. The van der Waals surface area contributed by atoms with E-state index in [0.29, 0.717) is 11.4 Å². The summed E-state index contributed by atoms with van der Waals surface area (Å²) in [5.74, 6) is -1.43. The number of carboxylic acids is 1. The van der Waals surface area contributed by atoms with Crippen molar-refractivity contribution in [1.82, 2.24) is 0 Å². The first-order valence-electron chi connectivity index (χ1n) is 6.20. The zero-order valence-electron chi connectivity index (χ0n) is 10.9. The fraction of sp³-hybridized carbons (Fsp3) is 0.188. The van der Waals surface area contributed by atoms with Crippen molar-refractivity contribution in [2.24, 2.45) is 0 Å². The molecule has 0 saturated carbocycles. The van der Waals surface area contributed by atoms with E-state index in [9.17, 15) is 9.90 Å². The van der Waals surface area contributed by atoms with Crippen LogP contribution in [0.15, 0.2) is 46.9 Å². The van der Waals surface area contributed by atoms with Gasteiger partial charge in [0.05, 0.1) is 5.92 Å². The first-order chi connectivity index (χ1) is 9.47. The molecule has 4 heteroatoms. The van der Waals surface area contributed by atoms with Crippen molar-refractivity contribution < 1.29 is 9.90 Å². The molecule has 0 aliphatic rings. The molecule has 1 atom stereocenters. The van der Waals surface area contributed by atoms with Gasteiger partial charge in [0.25, 0.3) is 0 Å². The molecule has 0 fully saturated rings. The first kappa shape index (κ1) is 15.1. The van der Waals surface area contributed by atoms with Crippen molar-refractivity contribution in [2.45, 2.75) is 19.3 Å². The Morgan fingerprint density at radius 2 is 1.90 bits per heavy atom. The van der Waals surface area contributed by atoms with Gasteiger partial charge in [0, 0.05) is 9.50 Å². The number of benzene rings is 2. The van der Waals surface area contributed by atoms with Gasteiger partial charge in [-0.1, -0.05) is 63.4 Å². The molecule has 0 aromatic heterocycles. The van der Waals surface area contributed by atoms with Crippen LogP contribution in [-0.2, 0) is 11.2 Å². The molecular weight excluding hydrogens is 340 g/mol. The number of hydrogen-bond donors (Lipinski definition) is 1. The van der Waals surface area contributed by atoms with Gasteiger partial charge in [0.2, 0.25) is 0 Å². The molecule has 0 heterocycles.